The molecule has 1 aliphatic rings. The van der Waals surface area contributed by atoms with Gasteiger partial charge < -0.3 is 10.6 Å². The highest BCUT2D eigenvalue weighted by molar-refractivity contribution is 6.31. The van der Waals surface area contributed by atoms with Crippen molar-refractivity contribution in [3.63, 3.8) is 0 Å². The lowest BCUT2D eigenvalue weighted by Crippen LogP contribution is -2.46. The van der Waals surface area contributed by atoms with E-state index in [9.17, 15) is 14.5 Å². The maximum Gasteiger partial charge on any atom is 0.294 e. The van der Waals surface area contributed by atoms with E-state index in [-0.39, 0.29) is 28.5 Å². The van der Waals surface area contributed by atoms with Crippen molar-refractivity contribution in [2.75, 3.05) is 11.9 Å². The van der Waals surface area contributed by atoms with E-state index in [1.807, 2.05) is 6.92 Å². The number of piperidine rings is 1. The molecule has 19 heavy (non-hydrogen) atoms. The van der Waals surface area contributed by atoms with Gasteiger partial charge in [0, 0.05) is 24.2 Å². The molecule has 1 aromatic rings. The first-order valence-corrected chi connectivity index (χ1v) is 6.50. The Balaban J connectivity index is 2.27. The van der Waals surface area contributed by atoms with Gasteiger partial charge in [-0.25, -0.2) is 4.39 Å². The molecule has 0 aromatic heterocycles. The van der Waals surface area contributed by atoms with Gasteiger partial charge in [0.15, 0.2) is 0 Å². The zero-order valence-corrected chi connectivity index (χ0v) is 11.2. The van der Waals surface area contributed by atoms with E-state index in [0.717, 1.165) is 31.5 Å². The average molecular weight is 288 g/mol. The smallest absolute Gasteiger partial charge is 0.294 e. The van der Waals surface area contributed by atoms with Crippen molar-refractivity contribution in [1.82, 2.24) is 5.32 Å². The van der Waals surface area contributed by atoms with Crippen LogP contribution in [0.25, 0.3) is 0 Å². The molecule has 1 saturated heterocycles. The van der Waals surface area contributed by atoms with Crippen LogP contribution in [-0.2, 0) is 0 Å². The molecule has 0 bridgehead atoms. The Morgan fingerprint density at radius 2 is 2.32 bits per heavy atom. The number of anilines is 1. The minimum absolute atomic E-state index is 0.0352. The van der Waals surface area contributed by atoms with Gasteiger partial charge in [-0.05, 0) is 26.3 Å². The molecule has 1 heterocycles. The number of rotatable bonds is 3. The maximum absolute atomic E-state index is 13.5. The average Bonchev–Trinajstić information content (AvgIpc) is 2.36. The van der Waals surface area contributed by atoms with Gasteiger partial charge in [0.2, 0.25) is 0 Å². The fraction of sp³-hybridized carbons (Fsp3) is 0.500. The number of nitrogens with zero attached hydrogens (tertiary/aromatic N) is 1. The van der Waals surface area contributed by atoms with E-state index >= 15 is 0 Å². The highest BCUT2D eigenvalue weighted by Gasteiger charge is 2.25. The molecule has 0 spiro atoms. The Labute approximate surface area is 115 Å². The number of benzene rings is 1. The lowest BCUT2D eigenvalue weighted by molar-refractivity contribution is -0.384. The molecule has 7 heteroatoms. The van der Waals surface area contributed by atoms with Gasteiger partial charge in [0.1, 0.15) is 11.5 Å². The molecular weight excluding hydrogens is 273 g/mol. The minimum Gasteiger partial charge on any atom is -0.375 e. The monoisotopic (exact) mass is 287 g/mol. The molecule has 0 amide bonds. The number of nitro benzene ring substituents is 1. The lowest BCUT2D eigenvalue weighted by atomic mass is 9.99. The van der Waals surface area contributed by atoms with Crippen molar-refractivity contribution in [2.24, 2.45) is 0 Å². The van der Waals surface area contributed by atoms with Crippen molar-refractivity contribution < 1.29 is 9.31 Å². The number of nitrogens with one attached hydrogen (secondary N) is 2. The fourth-order valence-electron chi connectivity index (χ4n) is 2.24. The zero-order chi connectivity index (χ0) is 14.0. The molecule has 0 aliphatic carbocycles. The summed E-state index contributed by atoms with van der Waals surface area (Å²) in [6, 6.07) is 2.34. The first-order valence-electron chi connectivity index (χ1n) is 6.12. The van der Waals surface area contributed by atoms with Crippen LogP contribution in [0.1, 0.15) is 19.8 Å². The second kappa shape index (κ2) is 5.71. The van der Waals surface area contributed by atoms with Gasteiger partial charge in [-0.3, -0.25) is 10.1 Å². The normalized spacial score (nSPS) is 23.1. The summed E-state index contributed by atoms with van der Waals surface area (Å²) >= 11 is 5.58. The van der Waals surface area contributed by atoms with Gasteiger partial charge >= 0.3 is 0 Å². The number of hydrogen-bond acceptors (Lipinski definition) is 4. The summed E-state index contributed by atoms with van der Waals surface area (Å²) in [5, 5.41) is 17.1. The molecule has 2 atom stereocenters. The number of nitro groups is 1. The van der Waals surface area contributed by atoms with Crippen LogP contribution in [0, 0.1) is 15.9 Å². The highest BCUT2D eigenvalue weighted by atomic mass is 35.5. The first-order chi connectivity index (χ1) is 8.99. The van der Waals surface area contributed by atoms with Crippen LogP contribution < -0.4 is 10.6 Å². The van der Waals surface area contributed by atoms with E-state index in [0.29, 0.717) is 0 Å². The Bertz CT molecular complexity index is 498. The molecule has 0 saturated carbocycles. The quantitative estimate of drug-likeness (QED) is 0.662. The third-order valence-corrected chi connectivity index (χ3v) is 3.63. The van der Waals surface area contributed by atoms with Crippen molar-refractivity contribution in [3.8, 4) is 0 Å². The molecule has 5 nitrogen and oxygen atoms in total. The van der Waals surface area contributed by atoms with Crippen LogP contribution in [-0.4, -0.2) is 23.6 Å². The summed E-state index contributed by atoms with van der Waals surface area (Å²) in [6.07, 6.45) is 1.86. The van der Waals surface area contributed by atoms with Gasteiger partial charge in [-0.1, -0.05) is 11.6 Å². The van der Waals surface area contributed by atoms with Crippen LogP contribution in [0.15, 0.2) is 12.1 Å². The SMILES string of the molecule is CC1NCCCC1Nc1cc(F)c(Cl)cc1[N+](=O)[O-]. The van der Waals surface area contributed by atoms with E-state index in [4.69, 9.17) is 11.6 Å². The highest BCUT2D eigenvalue weighted by Crippen LogP contribution is 2.31. The summed E-state index contributed by atoms with van der Waals surface area (Å²) in [5.74, 6) is -0.661. The van der Waals surface area contributed by atoms with Crippen LogP contribution in [0.5, 0.6) is 0 Å². The molecule has 104 valence electrons. The predicted molar refractivity (Wildman–Crippen MR) is 72.2 cm³/mol. The number of halogens is 2. The zero-order valence-electron chi connectivity index (χ0n) is 10.5. The topological polar surface area (TPSA) is 67.2 Å². The third-order valence-electron chi connectivity index (χ3n) is 3.34. The van der Waals surface area contributed by atoms with Gasteiger partial charge in [0.05, 0.1) is 9.95 Å². The molecule has 2 rings (SSSR count). The summed E-state index contributed by atoms with van der Waals surface area (Å²) in [6.45, 7) is 2.92. The molecule has 1 aromatic carbocycles. The second-order valence-electron chi connectivity index (χ2n) is 4.68. The molecule has 2 unspecified atom stereocenters. The van der Waals surface area contributed by atoms with Gasteiger partial charge in [0.25, 0.3) is 5.69 Å². The van der Waals surface area contributed by atoms with Crippen LogP contribution in [0.3, 0.4) is 0 Å². The molecular formula is C12H15ClFN3O2. The largest absolute Gasteiger partial charge is 0.375 e. The van der Waals surface area contributed by atoms with E-state index < -0.39 is 10.7 Å². The standard InChI is InChI=1S/C12H15ClFN3O2/c1-7-10(3-2-4-15-7)16-11-6-9(14)8(13)5-12(11)17(18)19/h5-7,10,15-16H,2-4H2,1H3. The molecule has 1 fully saturated rings. The Morgan fingerprint density at radius 1 is 1.58 bits per heavy atom. The Morgan fingerprint density at radius 3 is 2.95 bits per heavy atom. The van der Waals surface area contributed by atoms with Crippen LogP contribution in [0.4, 0.5) is 15.8 Å². The minimum atomic E-state index is -0.661. The third kappa shape index (κ3) is 3.13. The summed E-state index contributed by atoms with van der Waals surface area (Å²) < 4.78 is 13.5. The summed E-state index contributed by atoms with van der Waals surface area (Å²) in [4.78, 5) is 10.4. The van der Waals surface area contributed by atoms with Crippen LogP contribution in [0.2, 0.25) is 5.02 Å². The number of hydrogen-bond donors (Lipinski definition) is 2. The maximum atomic E-state index is 13.5. The summed E-state index contributed by atoms with van der Waals surface area (Å²) in [7, 11) is 0. The lowest BCUT2D eigenvalue weighted by Gasteiger charge is -2.31. The van der Waals surface area contributed by atoms with Crippen molar-refractivity contribution in [2.45, 2.75) is 31.8 Å². The van der Waals surface area contributed by atoms with Crippen molar-refractivity contribution >= 4 is 23.0 Å². The molecule has 1 aliphatic heterocycles. The summed E-state index contributed by atoms with van der Waals surface area (Å²) in [5.41, 5.74) is -0.0309. The fourth-order valence-corrected chi connectivity index (χ4v) is 2.40. The predicted octanol–water partition coefficient (Wildman–Crippen LogP) is 2.94. The van der Waals surface area contributed by atoms with E-state index in [2.05, 4.69) is 10.6 Å². The van der Waals surface area contributed by atoms with Crippen molar-refractivity contribution in [3.05, 3.63) is 33.1 Å². The first kappa shape index (κ1) is 14.0. The van der Waals surface area contributed by atoms with Crippen LogP contribution >= 0.6 is 11.6 Å². The van der Waals surface area contributed by atoms with Gasteiger partial charge in [-0.15, -0.1) is 0 Å². The second-order valence-corrected chi connectivity index (χ2v) is 5.08. The van der Waals surface area contributed by atoms with E-state index in [1.54, 1.807) is 0 Å². The Hall–Kier alpha value is -1.40. The molecule has 0 radical (unpaired) electrons. The van der Waals surface area contributed by atoms with Crippen molar-refractivity contribution in [1.29, 1.82) is 0 Å². The molecule has 2 N–H and O–H groups in total. The Kier molecular flexibility index (Phi) is 4.21. The van der Waals surface area contributed by atoms with E-state index in [1.165, 1.54) is 0 Å². The van der Waals surface area contributed by atoms with Gasteiger partial charge in [-0.2, -0.15) is 0 Å².